The van der Waals surface area contributed by atoms with Crippen LogP contribution in [0.4, 0.5) is 10.5 Å². The lowest BCUT2D eigenvalue weighted by molar-refractivity contribution is 0.125. The molecule has 5 nitrogen and oxygen atoms in total. The lowest BCUT2D eigenvalue weighted by Gasteiger charge is -2.41. The Hall–Kier alpha value is -1.75. The van der Waals surface area contributed by atoms with Crippen LogP contribution < -0.4 is 4.90 Å². The highest BCUT2D eigenvalue weighted by Crippen LogP contribution is 2.36. The van der Waals surface area contributed by atoms with Crippen LogP contribution in [0.15, 0.2) is 18.2 Å². The average Bonchev–Trinajstić information content (AvgIpc) is 3.15. The Morgan fingerprint density at radius 1 is 1.12 bits per heavy atom. The summed E-state index contributed by atoms with van der Waals surface area (Å²) in [5.41, 5.74) is 3.58. The SMILES string of the molecule is CC1(C)CN(C(=O)O)Cc2cc(N3CCN(C4CCCC4)CC3)ccc21. The lowest BCUT2D eigenvalue weighted by atomic mass is 9.78. The van der Waals surface area contributed by atoms with Gasteiger partial charge >= 0.3 is 6.09 Å². The first-order valence-electron chi connectivity index (χ1n) is 10.0. The zero-order valence-corrected chi connectivity index (χ0v) is 16.1. The van der Waals surface area contributed by atoms with Gasteiger partial charge in [-0.3, -0.25) is 4.90 Å². The van der Waals surface area contributed by atoms with Crippen molar-refractivity contribution in [2.75, 3.05) is 37.6 Å². The summed E-state index contributed by atoms with van der Waals surface area (Å²) in [5, 5.41) is 9.46. The van der Waals surface area contributed by atoms with Crippen LogP contribution in [0.25, 0.3) is 0 Å². The van der Waals surface area contributed by atoms with Gasteiger partial charge in [0, 0.05) is 56.4 Å². The van der Waals surface area contributed by atoms with Crippen molar-refractivity contribution in [1.82, 2.24) is 9.80 Å². The van der Waals surface area contributed by atoms with E-state index in [0.717, 1.165) is 32.2 Å². The van der Waals surface area contributed by atoms with Crippen molar-refractivity contribution in [3.8, 4) is 0 Å². The van der Waals surface area contributed by atoms with Crippen LogP contribution in [-0.4, -0.2) is 59.8 Å². The van der Waals surface area contributed by atoms with Crippen LogP contribution in [0, 0.1) is 0 Å². The van der Waals surface area contributed by atoms with Gasteiger partial charge in [-0.15, -0.1) is 0 Å². The first-order chi connectivity index (χ1) is 12.4. The Labute approximate surface area is 156 Å². The fraction of sp³-hybridized carbons (Fsp3) is 0.667. The van der Waals surface area contributed by atoms with Gasteiger partial charge in [0.25, 0.3) is 0 Å². The molecule has 5 heteroatoms. The van der Waals surface area contributed by atoms with Crippen molar-refractivity contribution in [3.05, 3.63) is 29.3 Å². The topological polar surface area (TPSA) is 47.0 Å². The molecular weight excluding hydrogens is 326 g/mol. The first kappa shape index (κ1) is 17.7. The molecule has 2 fully saturated rings. The molecule has 0 unspecified atom stereocenters. The van der Waals surface area contributed by atoms with E-state index in [4.69, 9.17) is 0 Å². The van der Waals surface area contributed by atoms with Crippen molar-refractivity contribution in [2.24, 2.45) is 0 Å². The second-order valence-corrected chi connectivity index (χ2v) is 8.83. The number of carboxylic acid groups (broad SMARTS) is 1. The summed E-state index contributed by atoms with van der Waals surface area (Å²) in [6.07, 6.45) is 4.72. The summed E-state index contributed by atoms with van der Waals surface area (Å²) < 4.78 is 0. The molecular formula is C21H31N3O2. The minimum Gasteiger partial charge on any atom is -0.465 e. The Morgan fingerprint density at radius 3 is 2.46 bits per heavy atom. The molecule has 142 valence electrons. The number of benzene rings is 1. The molecule has 0 atom stereocenters. The molecule has 1 N–H and O–H groups in total. The van der Waals surface area contributed by atoms with Crippen LogP contribution >= 0.6 is 0 Å². The average molecular weight is 357 g/mol. The number of piperazine rings is 1. The number of amides is 1. The van der Waals surface area contributed by atoms with Gasteiger partial charge in [0.05, 0.1) is 0 Å². The van der Waals surface area contributed by atoms with Crippen LogP contribution in [0.2, 0.25) is 0 Å². The highest BCUT2D eigenvalue weighted by atomic mass is 16.4. The molecule has 0 radical (unpaired) electrons. The molecule has 1 aliphatic carbocycles. The van der Waals surface area contributed by atoms with Crippen LogP contribution in [0.3, 0.4) is 0 Å². The Balaban J connectivity index is 1.49. The number of nitrogens with zero attached hydrogens (tertiary/aromatic N) is 3. The highest BCUT2D eigenvalue weighted by Gasteiger charge is 2.34. The molecule has 26 heavy (non-hydrogen) atoms. The van der Waals surface area contributed by atoms with Crippen LogP contribution in [0.1, 0.15) is 50.7 Å². The summed E-state index contributed by atoms with van der Waals surface area (Å²) in [6, 6.07) is 7.51. The number of hydrogen-bond acceptors (Lipinski definition) is 3. The largest absolute Gasteiger partial charge is 0.465 e. The number of rotatable bonds is 2. The van der Waals surface area contributed by atoms with E-state index in [2.05, 4.69) is 41.8 Å². The van der Waals surface area contributed by atoms with Crippen molar-refractivity contribution in [2.45, 2.75) is 57.5 Å². The number of anilines is 1. The quantitative estimate of drug-likeness (QED) is 0.880. The van der Waals surface area contributed by atoms with E-state index in [0.29, 0.717) is 13.1 Å². The molecule has 4 rings (SSSR count). The van der Waals surface area contributed by atoms with Gasteiger partial charge in [0.2, 0.25) is 0 Å². The number of hydrogen-bond donors (Lipinski definition) is 1. The highest BCUT2D eigenvalue weighted by molar-refractivity contribution is 5.66. The van der Waals surface area contributed by atoms with E-state index >= 15 is 0 Å². The molecule has 1 aromatic carbocycles. The predicted molar refractivity (Wildman–Crippen MR) is 104 cm³/mol. The first-order valence-corrected chi connectivity index (χ1v) is 10.0. The minimum atomic E-state index is -0.820. The molecule has 2 aliphatic heterocycles. The summed E-state index contributed by atoms with van der Waals surface area (Å²) >= 11 is 0. The summed E-state index contributed by atoms with van der Waals surface area (Å²) in [7, 11) is 0. The third-order valence-electron chi connectivity index (χ3n) is 6.56. The van der Waals surface area contributed by atoms with E-state index in [1.807, 2.05) is 0 Å². The Bertz CT molecular complexity index is 674. The maximum atomic E-state index is 11.5. The van der Waals surface area contributed by atoms with Gasteiger partial charge in [-0.1, -0.05) is 32.8 Å². The summed E-state index contributed by atoms with van der Waals surface area (Å²) in [4.78, 5) is 18.2. The standard InChI is InChI=1S/C21H31N3O2/c1-21(2)15-24(20(25)26)14-16-13-18(7-8-19(16)21)23-11-9-22(10-12-23)17-5-3-4-6-17/h7-8,13,17H,3-6,9-12,14-15H2,1-2H3,(H,25,26). The molecule has 0 spiro atoms. The van der Waals surface area contributed by atoms with E-state index in [1.165, 1.54) is 42.5 Å². The molecule has 0 bridgehead atoms. The lowest BCUT2D eigenvalue weighted by Crippen LogP contribution is -2.50. The fourth-order valence-electron chi connectivity index (χ4n) is 5.14. The zero-order valence-electron chi connectivity index (χ0n) is 16.1. The maximum Gasteiger partial charge on any atom is 0.407 e. The van der Waals surface area contributed by atoms with E-state index < -0.39 is 6.09 Å². The number of carbonyl (C=O) groups is 1. The molecule has 1 saturated heterocycles. The number of fused-ring (bicyclic) bond motifs is 1. The van der Waals surface area contributed by atoms with Crippen LogP contribution in [0.5, 0.6) is 0 Å². The van der Waals surface area contributed by atoms with E-state index in [1.54, 1.807) is 4.90 Å². The Morgan fingerprint density at radius 2 is 1.81 bits per heavy atom. The molecule has 1 aromatic rings. The van der Waals surface area contributed by atoms with Gasteiger partial charge in [0.15, 0.2) is 0 Å². The third kappa shape index (κ3) is 3.29. The summed E-state index contributed by atoms with van der Waals surface area (Å²) in [6.45, 7) is 9.78. The predicted octanol–water partition coefficient (Wildman–Crippen LogP) is 3.52. The second-order valence-electron chi connectivity index (χ2n) is 8.83. The van der Waals surface area contributed by atoms with Gasteiger partial charge in [0.1, 0.15) is 0 Å². The molecule has 2 heterocycles. The van der Waals surface area contributed by atoms with E-state index in [-0.39, 0.29) is 5.41 Å². The van der Waals surface area contributed by atoms with Crippen molar-refractivity contribution in [1.29, 1.82) is 0 Å². The Kier molecular flexibility index (Phi) is 4.59. The van der Waals surface area contributed by atoms with Crippen LogP contribution in [-0.2, 0) is 12.0 Å². The fourth-order valence-corrected chi connectivity index (χ4v) is 5.14. The normalized spacial score (nSPS) is 23.9. The van der Waals surface area contributed by atoms with Crippen molar-refractivity contribution < 1.29 is 9.90 Å². The van der Waals surface area contributed by atoms with Crippen molar-refractivity contribution >= 4 is 11.8 Å². The monoisotopic (exact) mass is 357 g/mol. The second kappa shape index (κ2) is 6.76. The maximum absolute atomic E-state index is 11.5. The van der Waals surface area contributed by atoms with Gasteiger partial charge in [-0.25, -0.2) is 4.79 Å². The molecule has 1 saturated carbocycles. The van der Waals surface area contributed by atoms with Gasteiger partial charge < -0.3 is 14.9 Å². The van der Waals surface area contributed by atoms with Gasteiger partial charge in [-0.05, 0) is 36.1 Å². The third-order valence-corrected chi connectivity index (χ3v) is 6.56. The smallest absolute Gasteiger partial charge is 0.407 e. The molecule has 1 amide bonds. The summed E-state index contributed by atoms with van der Waals surface area (Å²) in [5.74, 6) is 0. The van der Waals surface area contributed by atoms with Crippen molar-refractivity contribution in [3.63, 3.8) is 0 Å². The van der Waals surface area contributed by atoms with E-state index in [9.17, 15) is 9.90 Å². The minimum absolute atomic E-state index is 0.133. The molecule has 0 aromatic heterocycles. The zero-order chi connectivity index (χ0) is 18.3. The van der Waals surface area contributed by atoms with Gasteiger partial charge in [-0.2, -0.15) is 0 Å². The molecule has 3 aliphatic rings.